The van der Waals surface area contributed by atoms with Crippen molar-refractivity contribution in [1.82, 2.24) is 0 Å². The van der Waals surface area contributed by atoms with Gasteiger partial charge in [0, 0.05) is 6.08 Å². The van der Waals surface area contributed by atoms with E-state index in [1.54, 1.807) is 6.08 Å². The molecule has 0 unspecified atom stereocenters. The third-order valence-corrected chi connectivity index (χ3v) is 3.10. The zero-order chi connectivity index (χ0) is 14.5. The predicted octanol–water partition coefficient (Wildman–Crippen LogP) is 4.36. The van der Waals surface area contributed by atoms with Gasteiger partial charge in [0.25, 0.3) is 0 Å². The van der Waals surface area contributed by atoms with E-state index in [-0.39, 0.29) is 5.41 Å². The minimum atomic E-state index is -0.957. The van der Waals surface area contributed by atoms with E-state index < -0.39 is 5.97 Å². The zero-order valence-electron chi connectivity index (χ0n) is 11.4. The maximum atomic E-state index is 10.4. The van der Waals surface area contributed by atoms with E-state index in [9.17, 15) is 4.79 Å². The maximum Gasteiger partial charge on any atom is 0.328 e. The summed E-state index contributed by atoms with van der Waals surface area (Å²) in [5, 5.41) is 8.57. The van der Waals surface area contributed by atoms with Crippen molar-refractivity contribution in [2.24, 2.45) is 5.41 Å². The second kappa shape index (κ2) is 6.75. The molecule has 19 heavy (non-hydrogen) atoms. The first-order valence-corrected chi connectivity index (χ1v) is 6.90. The predicted molar refractivity (Wildman–Crippen MR) is 80.4 cm³/mol. The van der Waals surface area contributed by atoms with Crippen molar-refractivity contribution in [2.45, 2.75) is 27.2 Å². The molecule has 3 nitrogen and oxygen atoms in total. The van der Waals surface area contributed by atoms with Gasteiger partial charge in [-0.15, -0.1) is 0 Å². The van der Waals surface area contributed by atoms with Crippen molar-refractivity contribution >= 4 is 28.0 Å². The van der Waals surface area contributed by atoms with Crippen molar-refractivity contribution in [3.63, 3.8) is 0 Å². The van der Waals surface area contributed by atoms with Crippen LogP contribution in [0.3, 0.4) is 0 Å². The summed E-state index contributed by atoms with van der Waals surface area (Å²) >= 11 is 3.43. The highest BCUT2D eigenvalue weighted by Crippen LogP contribution is 2.27. The molecule has 0 radical (unpaired) electrons. The smallest absolute Gasteiger partial charge is 0.328 e. The molecule has 0 spiro atoms. The first kappa shape index (κ1) is 15.8. The molecule has 1 N–H and O–H groups in total. The summed E-state index contributed by atoms with van der Waals surface area (Å²) in [6.07, 6.45) is 3.63. The van der Waals surface area contributed by atoms with Crippen LogP contribution in [0.5, 0.6) is 5.75 Å². The van der Waals surface area contributed by atoms with Crippen molar-refractivity contribution < 1.29 is 14.6 Å². The van der Waals surface area contributed by atoms with Crippen molar-refractivity contribution in [3.05, 3.63) is 34.3 Å². The number of carbonyl (C=O) groups is 1. The topological polar surface area (TPSA) is 46.5 Å². The molecule has 0 amide bonds. The number of rotatable bonds is 5. The molecule has 104 valence electrons. The van der Waals surface area contributed by atoms with Gasteiger partial charge in [-0.3, -0.25) is 0 Å². The molecule has 0 bridgehead atoms. The summed E-state index contributed by atoms with van der Waals surface area (Å²) in [4.78, 5) is 10.4. The molecule has 0 aliphatic rings. The number of carboxylic acid groups (broad SMARTS) is 1. The highest BCUT2D eigenvalue weighted by atomic mass is 79.9. The van der Waals surface area contributed by atoms with Gasteiger partial charge >= 0.3 is 5.97 Å². The molecule has 0 saturated heterocycles. The maximum absolute atomic E-state index is 10.4. The molecule has 1 aromatic carbocycles. The fourth-order valence-electron chi connectivity index (χ4n) is 1.37. The van der Waals surface area contributed by atoms with Crippen LogP contribution >= 0.6 is 15.9 Å². The zero-order valence-corrected chi connectivity index (χ0v) is 13.0. The second-order valence-electron chi connectivity index (χ2n) is 5.52. The van der Waals surface area contributed by atoms with Gasteiger partial charge < -0.3 is 9.84 Å². The Morgan fingerprint density at radius 2 is 2.11 bits per heavy atom. The normalized spacial score (nSPS) is 11.8. The third kappa shape index (κ3) is 6.43. The van der Waals surface area contributed by atoms with Gasteiger partial charge in [-0.1, -0.05) is 26.8 Å². The average molecular weight is 327 g/mol. The number of ether oxygens (including phenoxy) is 1. The van der Waals surface area contributed by atoms with E-state index in [4.69, 9.17) is 9.84 Å². The minimum absolute atomic E-state index is 0.247. The van der Waals surface area contributed by atoms with Gasteiger partial charge in [0.2, 0.25) is 0 Å². The van der Waals surface area contributed by atoms with Gasteiger partial charge in [0.15, 0.2) is 0 Å². The molecule has 4 heteroatoms. The van der Waals surface area contributed by atoms with E-state index in [1.807, 2.05) is 18.2 Å². The lowest BCUT2D eigenvalue weighted by atomic mass is 9.93. The summed E-state index contributed by atoms with van der Waals surface area (Å²) in [6.45, 7) is 7.17. The van der Waals surface area contributed by atoms with Crippen LogP contribution in [-0.2, 0) is 4.79 Å². The molecular formula is C15H19BrO3. The molecule has 0 fully saturated rings. The van der Waals surface area contributed by atoms with E-state index in [2.05, 4.69) is 36.7 Å². The lowest BCUT2D eigenvalue weighted by Crippen LogP contribution is -2.11. The lowest BCUT2D eigenvalue weighted by Gasteiger charge is -2.18. The van der Waals surface area contributed by atoms with Gasteiger partial charge in [-0.05, 0) is 51.5 Å². The van der Waals surface area contributed by atoms with Gasteiger partial charge in [-0.25, -0.2) is 4.79 Å². The van der Waals surface area contributed by atoms with E-state index in [0.29, 0.717) is 6.61 Å². The molecule has 1 rings (SSSR count). The minimum Gasteiger partial charge on any atom is -0.492 e. The largest absolute Gasteiger partial charge is 0.492 e. The number of hydrogen-bond donors (Lipinski definition) is 1. The number of halogens is 1. The van der Waals surface area contributed by atoms with Crippen molar-refractivity contribution in [2.75, 3.05) is 6.61 Å². The van der Waals surface area contributed by atoms with E-state index in [0.717, 1.165) is 28.3 Å². The molecule has 0 heterocycles. The number of benzene rings is 1. The molecule has 0 aliphatic heterocycles. The number of carboxylic acids is 1. The quantitative estimate of drug-likeness (QED) is 0.817. The SMILES string of the molecule is CC(C)(C)CCOc1ccc(C=CC(=O)O)cc1Br. The Balaban J connectivity index is 2.65. The Morgan fingerprint density at radius 3 is 2.63 bits per heavy atom. The van der Waals surface area contributed by atoms with Crippen LogP contribution in [0.1, 0.15) is 32.8 Å². The van der Waals surface area contributed by atoms with Crippen LogP contribution in [-0.4, -0.2) is 17.7 Å². The number of hydrogen-bond acceptors (Lipinski definition) is 2. The highest BCUT2D eigenvalue weighted by molar-refractivity contribution is 9.10. The van der Waals surface area contributed by atoms with Crippen LogP contribution in [0.25, 0.3) is 6.08 Å². The van der Waals surface area contributed by atoms with Crippen LogP contribution in [0.2, 0.25) is 0 Å². The van der Waals surface area contributed by atoms with Crippen molar-refractivity contribution in [1.29, 1.82) is 0 Å². The van der Waals surface area contributed by atoms with Gasteiger partial charge in [0.1, 0.15) is 5.75 Å². The third-order valence-electron chi connectivity index (χ3n) is 2.48. The Morgan fingerprint density at radius 1 is 1.42 bits per heavy atom. The van der Waals surface area contributed by atoms with Gasteiger partial charge in [0.05, 0.1) is 11.1 Å². The molecule has 0 aromatic heterocycles. The van der Waals surface area contributed by atoms with E-state index >= 15 is 0 Å². The fourth-order valence-corrected chi connectivity index (χ4v) is 1.88. The molecular weight excluding hydrogens is 308 g/mol. The van der Waals surface area contributed by atoms with Crippen LogP contribution < -0.4 is 4.74 Å². The lowest BCUT2D eigenvalue weighted by molar-refractivity contribution is -0.131. The first-order chi connectivity index (χ1) is 8.78. The summed E-state index contributed by atoms with van der Waals surface area (Å²) < 4.78 is 6.53. The average Bonchev–Trinajstić information content (AvgIpc) is 2.27. The standard InChI is InChI=1S/C15H19BrO3/c1-15(2,3)8-9-19-13-6-4-11(10-12(13)16)5-7-14(17)18/h4-7,10H,8-9H2,1-3H3,(H,17,18). The Labute approximate surface area is 122 Å². The fraction of sp³-hybridized carbons (Fsp3) is 0.400. The summed E-state index contributed by atoms with van der Waals surface area (Å²) in [5.41, 5.74) is 1.06. The summed E-state index contributed by atoms with van der Waals surface area (Å²) in [5.74, 6) is -0.182. The molecule has 1 aromatic rings. The Kier molecular flexibility index (Phi) is 5.60. The summed E-state index contributed by atoms with van der Waals surface area (Å²) in [7, 11) is 0. The van der Waals surface area contributed by atoms with E-state index in [1.165, 1.54) is 0 Å². The summed E-state index contributed by atoms with van der Waals surface area (Å²) in [6, 6.07) is 5.51. The van der Waals surface area contributed by atoms with Gasteiger partial charge in [-0.2, -0.15) is 0 Å². The molecule has 0 atom stereocenters. The number of aliphatic carboxylic acids is 1. The highest BCUT2D eigenvalue weighted by Gasteiger charge is 2.10. The molecule has 0 saturated carbocycles. The first-order valence-electron chi connectivity index (χ1n) is 6.11. The molecule has 0 aliphatic carbocycles. The van der Waals surface area contributed by atoms with Crippen LogP contribution in [0, 0.1) is 5.41 Å². The monoisotopic (exact) mass is 326 g/mol. The Bertz CT molecular complexity index is 473. The van der Waals surface area contributed by atoms with Crippen LogP contribution in [0.15, 0.2) is 28.7 Å². The Hall–Kier alpha value is -1.29. The second-order valence-corrected chi connectivity index (χ2v) is 6.37. The van der Waals surface area contributed by atoms with Crippen LogP contribution in [0.4, 0.5) is 0 Å². The van der Waals surface area contributed by atoms with Crippen molar-refractivity contribution in [3.8, 4) is 5.75 Å².